The molecule has 2 heterocycles. The first-order chi connectivity index (χ1) is 15.6. The van der Waals surface area contributed by atoms with Gasteiger partial charge in [0, 0.05) is 13.9 Å². The lowest BCUT2D eigenvalue weighted by molar-refractivity contribution is -0.590. The summed E-state index contributed by atoms with van der Waals surface area (Å²) >= 11 is 0. The molecule has 1 aliphatic carbocycles. The van der Waals surface area contributed by atoms with Gasteiger partial charge < -0.3 is 0 Å². The minimum Gasteiger partial charge on any atom is -0.192 e. The number of rotatable bonds is 3. The summed E-state index contributed by atoms with van der Waals surface area (Å²) < 4.78 is 14.8. The van der Waals surface area contributed by atoms with Gasteiger partial charge >= 0.3 is 0 Å². The van der Waals surface area contributed by atoms with Gasteiger partial charge in [-0.1, -0.05) is 67.4 Å². The maximum atomic E-state index is 10.0. The van der Waals surface area contributed by atoms with Crippen molar-refractivity contribution in [2.24, 2.45) is 5.92 Å². The first kappa shape index (κ1) is 17.5. The molecule has 2 aliphatic rings. The lowest BCUT2D eigenvalue weighted by Crippen LogP contribution is -2.36. The quantitative estimate of drug-likeness (QED) is 0.336. The summed E-state index contributed by atoms with van der Waals surface area (Å²) in [5.41, 5.74) is 8.26. The maximum absolute atomic E-state index is 10.0. The number of imidazole rings is 1. The monoisotopic (exact) mass is 406 g/mol. The Morgan fingerprint density at radius 1 is 0.839 bits per heavy atom. The normalized spacial score (nSPS) is 20.5. The van der Waals surface area contributed by atoms with Crippen LogP contribution in [0, 0.1) is 19.8 Å². The molecule has 0 amide bonds. The van der Waals surface area contributed by atoms with Gasteiger partial charge in [0.1, 0.15) is 17.1 Å². The average molecular weight is 407 g/mol. The first-order valence-electron chi connectivity index (χ1n) is 12.0. The van der Waals surface area contributed by atoms with Crippen molar-refractivity contribution in [3.63, 3.8) is 0 Å². The number of hydrogen-bond acceptors (Lipinski definition) is 0. The topological polar surface area (TPSA) is 8.81 Å². The Labute approximate surface area is 186 Å². The zero-order valence-corrected chi connectivity index (χ0v) is 18.3. The molecule has 1 aliphatic heterocycles. The van der Waals surface area contributed by atoms with Crippen LogP contribution in [0.5, 0.6) is 0 Å². The maximum Gasteiger partial charge on any atom is 0.299 e. The fourth-order valence-corrected chi connectivity index (χ4v) is 5.79. The molecule has 2 nitrogen and oxygen atoms in total. The smallest absolute Gasteiger partial charge is 0.192 e. The third kappa shape index (κ3) is 2.74. The van der Waals surface area contributed by atoms with Crippen LogP contribution in [0.25, 0.3) is 22.8 Å². The van der Waals surface area contributed by atoms with Crippen LogP contribution in [0.1, 0.15) is 55.5 Å². The molecule has 0 spiro atoms. The van der Waals surface area contributed by atoms with Crippen LogP contribution in [0.3, 0.4) is 0 Å². The highest BCUT2D eigenvalue weighted by molar-refractivity contribution is 5.65. The minimum atomic E-state index is -0.714. The molecule has 0 saturated heterocycles. The van der Waals surface area contributed by atoms with E-state index in [1.54, 1.807) is 0 Å². The highest BCUT2D eigenvalue weighted by Crippen LogP contribution is 2.50. The van der Waals surface area contributed by atoms with Crippen molar-refractivity contribution in [3.8, 4) is 22.8 Å². The SMILES string of the molecule is [2H]C1(C2CCCC2)c2ccccc2-n2c1c(C)[n+](-c1ccccc1C)c2-c1ccccc1. The Kier molecular flexibility index (Phi) is 4.09. The molecule has 1 aromatic heterocycles. The standard InChI is InChI=1S/C29H29N2/c1-20-12-6-10-18-25(20)30-21(2)28-27(22-13-7-8-14-22)24-17-9-11-19-26(24)31(28)29(30)23-15-4-3-5-16-23/h3-6,9-12,15-19,22,27H,7-8,13-14H2,1-2H3/q+1/i27D. The zero-order chi connectivity index (χ0) is 21.9. The van der Waals surface area contributed by atoms with E-state index in [0.717, 1.165) is 24.4 Å². The fourth-order valence-electron chi connectivity index (χ4n) is 5.79. The Bertz CT molecular complexity index is 1310. The van der Waals surface area contributed by atoms with Gasteiger partial charge in [-0.05, 0) is 55.5 Å². The van der Waals surface area contributed by atoms with E-state index in [9.17, 15) is 1.37 Å². The highest BCUT2D eigenvalue weighted by Gasteiger charge is 2.46. The number of aromatic nitrogens is 2. The van der Waals surface area contributed by atoms with Crippen molar-refractivity contribution >= 4 is 0 Å². The van der Waals surface area contributed by atoms with Crippen LogP contribution in [-0.4, -0.2) is 4.57 Å². The lowest BCUT2D eigenvalue weighted by atomic mass is 9.83. The van der Waals surface area contributed by atoms with Crippen molar-refractivity contribution < 1.29 is 5.94 Å². The molecule has 3 aromatic carbocycles. The van der Waals surface area contributed by atoms with Crippen LogP contribution in [0.15, 0.2) is 78.9 Å². The van der Waals surface area contributed by atoms with E-state index in [-0.39, 0.29) is 0 Å². The summed E-state index contributed by atoms with van der Waals surface area (Å²) in [6.07, 6.45) is 4.73. The van der Waals surface area contributed by atoms with Crippen molar-refractivity contribution in [3.05, 3.63) is 101 Å². The Balaban J connectivity index is 1.76. The van der Waals surface area contributed by atoms with Crippen molar-refractivity contribution in [2.45, 2.75) is 45.4 Å². The number of nitrogens with zero attached hydrogens (tertiary/aromatic N) is 2. The molecule has 1 fully saturated rings. The van der Waals surface area contributed by atoms with Crippen LogP contribution in [-0.2, 0) is 0 Å². The molecule has 4 aromatic rings. The largest absolute Gasteiger partial charge is 0.299 e. The molecular weight excluding hydrogens is 376 g/mol. The first-order valence-corrected chi connectivity index (χ1v) is 11.5. The summed E-state index contributed by atoms with van der Waals surface area (Å²) in [4.78, 5) is 0. The van der Waals surface area contributed by atoms with Crippen LogP contribution >= 0.6 is 0 Å². The molecule has 1 atom stereocenters. The second-order valence-corrected chi connectivity index (χ2v) is 8.99. The van der Waals surface area contributed by atoms with Gasteiger partial charge in [0.25, 0.3) is 5.82 Å². The van der Waals surface area contributed by atoms with Crippen LogP contribution < -0.4 is 4.57 Å². The van der Waals surface area contributed by atoms with Gasteiger partial charge in [0.15, 0.2) is 5.69 Å². The molecule has 2 heteroatoms. The molecule has 154 valence electrons. The molecule has 6 rings (SSSR count). The lowest BCUT2D eigenvalue weighted by Gasteiger charge is -2.17. The Morgan fingerprint density at radius 3 is 2.29 bits per heavy atom. The molecule has 0 radical (unpaired) electrons. The van der Waals surface area contributed by atoms with Gasteiger partial charge in [-0.15, -0.1) is 0 Å². The van der Waals surface area contributed by atoms with Gasteiger partial charge in [-0.25, -0.2) is 0 Å². The number of para-hydroxylation sites is 2. The third-order valence-corrected chi connectivity index (χ3v) is 7.17. The van der Waals surface area contributed by atoms with Crippen molar-refractivity contribution in [2.75, 3.05) is 0 Å². The zero-order valence-electron chi connectivity index (χ0n) is 19.3. The fraction of sp³-hybridized carbons (Fsp3) is 0.276. The van der Waals surface area contributed by atoms with E-state index < -0.39 is 5.89 Å². The molecule has 31 heavy (non-hydrogen) atoms. The highest BCUT2D eigenvalue weighted by atomic mass is 15.2. The van der Waals surface area contributed by atoms with Crippen LogP contribution in [0.2, 0.25) is 0 Å². The molecule has 1 saturated carbocycles. The Hall–Kier alpha value is -3.13. The predicted octanol–water partition coefficient (Wildman–Crippen LogP) is 6.67. The van der Waals surface area contributed by atoms with E-state index in [4.69, 9.17) is 0 Å². The second-order valence-electron chi connectivity index (χ2n) is 8.99. The van der Waals surface area contributed by atoms with Crippen molar-refractivity contribution in [1.82, 2.24) is 4.57 Å². The van der Waals surface area contributed by atoms with E-state index in [0.29, 0.717) is 5.92 Å². The minimum absolute atomic E-state index is 0.354. The van der Waals surface area contributed by atoms with E-state index in [1.807, 2.05) is 0 Å². The van der Waals surface area contributed by atoms with Gasteiger partial charge in [0.05, 0.1) is 11.5 Å². The summed E-state index contributed by atoms with van der Waals surface area (Å²) in [5, 5.41) is 0. The number of benzene rings is 3. The molecular formula is C29H29N2+. The number of fused-ring (bicyclic) bond motifs is 3. The van der Waals surface area contributed by atoms with Gasteiger partial charge in [-0.2, -0.15) is 9.13 Å². The third-order valence-electron chi connectivity index (χ3n) is 7.17. The summed E-state index contributed by atoms with van der Waals surface area (Å²) in [6.45, 7) is 4.40. The molecule has 0 N–H and O–H groups in total. The van der Waals surface area contributed by atoms with Gasteiger partial charge in [-0.3, -0.25) is 0 Å². The van der Waals surface area contributed by atoms with E-state index in [2.05, 4.69) is 102 Å². The van der Waals surface area contributed by atoms with Crippen molar-refractivity contribution in [1.29, 1.82) is 0 Å². The second kappa shape index (κ2) is 7.23. The number of hydrogen-bond donors (Lipinski definition) is 0. The summed E-state index contributed by atoms with van der Waals surface area (Å²) in [7, 11) is 0. The average Bonchev–Trinajstić information content (AvgIpc) is 3.52. The number of aryl methyl sites for hydroxylation is 1. The summed E-state index contributed by atoms with van der Waals surface area (Å²) in [6, 6.07) is 27.9. The predicted molar refractivity (Wildman–Crippen MR) is 126 cm³/mol. The van der Waals surface area contributed by atoms with E-state index in [1.165, 1.54) is 46.6 Å². The van der Waals surface area contributed by atoms with Crippen LogP contribution in [0.4, 0.5) is 0 Å². The Morgan fingerprint density at radius 2 is 1.52 bits per heavy atom. The molecule has 0 bridgehead atoms. The summed E-state index contributed by atoms with van der Waals surface area (Å²) in [5.74, 6) is 0.786. The molecule has 1 unspecified atom stereocenters. The van der Waals surface area contributed by atoms with E-state index >= 15 is 0 Å². The van der Waals surface area contributed by atoms with Gasteiger partial charge in [0.2, 0.25) is 0 Å².